The molecule has 1 fully saturated rings. The van der Waals surface area contributed by atoms with E-state index in [1.165, 1.54) is 17.3 Å². The van der Waals surface area contributed by atoms with Gasteiger partial charge in [0.25, 0.3) is 0 Å². The molecule has 0 aromatic heterocycles. The van der Waals surface area contributed by atoms with E-state index in [2.05, 4.69) is 10.3 Å². The summed E-state index contributed by atoms with van der Waals surface area (Å²) in [7, 11) is 0. The lowest BCUT2D eigenvalue weighted by Gasteiger charge is -2.32. The van der Waals surface area contributed by atoms with Crippen LogP contribution in [0, 0.1) is 13.8 Å². The molecule has 1 saturated heterocycles. The molecular weight excluding hydrogens is 408 g/mol. The summed E-state index contributed by atoms with van der Waals surface area (Å²) in [6.45, 7) is 4.88. The molecule has 0 saturated carbocycles. The van der Waals surface area contributed by atoms with Crippen LogP contribution in [0.1, 0.15) is 17.5 Å². The van der Waals surface area contributed by atoms with Crippen LogP contribution in [0.25, 0.3) is 0 Å². The van der Waals surface area contributed by atoms with E-state index < -0.39 is 5.25 Å². The number of nitrogens with zero attached hydrogens (tertiary/aromatic N) is 3. The van der Waals surface area contributed by atoms with Crippen molar-refractivity contribution in [1.82, 2.24) is 4.90 Å². The highest BCUT2D eigenvalue weighted by atomic mass is 35.5. The zero-order valence-corrected chi connectivity index (χ0v) is 17.8. The SMILES string of the molecule is Cc1ccc(NC(=O)C[C@@H]2SC3=NCN(c4cccc(Cl)c4)CN3C2=O)cc1C. The van der Waals surface area contributed by atoms with Crippen molar-refractivity contribution >= 4 is 51.7 Å². The largest absolute Gasteiger partial charge is 0.334 e. The quantitative estimate of drug-likeness (QED) is 0.798. The molecule has 0 unspecified atom stereocenters. The van der Waals surface area contributed by atoms with E-state index in [4.69, 9.17) is 11.6 Å². The number of carbonyl (C=O) groups is 2. The highest BCUT2D eigenvalue weighted by Gasteiger charge is 2.41. The van der Waals surface area contributed by atoms with Crippen molar-refractivity contribution in [3.8, 4) is 0 Å². The molecule has 2 heterocycles. The first-order valence-electron chi connectivity index (χ1n) is 9.31. The molecule has 8 heteroatoms. The van der Waals surface area contributed by atoms with Gasteiger partial charge in [0.2, 0.25) is 11.8 Å². The minimum absolute atomic E-state index is 0.0873. The van der Waals surface area contributed by atoms with Crippen molar-refractivity contribution in [2.24, 2.45) is 4.99 Å². The van der Waals surface area contributed by atoms with Crippen LogP contribution < -0.4 is 10.2 Å². The third-order valence-electron chi connectivity index (χ3n) is 5.04. The molecule has 1 atom stereocenters. The van der Waals surface area contributed by atoms with Crippen LogP contribution in [0.5, 0.6) is 0 Å². The van der Waals surface area contributed by atoms with E-state index in [1.807, 2.05) is 61.2 Å². The number of benzene rings is 2. The summed E-state index contributed by atoms with van der Waals surface area (Å²) in [5.41, 5.74) is 3.94. The van der Waals surface area contributed by atoms with Crippen LogP contribution in [-0.4, -0.2) is 40.5 Å². The van der Waals surface area contributed by atoms with Gasteiger partial charge in [-0.1, -0.05) is 35.5 Å². The van der Waals surface area contributed by atoms with Gasteiger partial charge in [-0.3, -0.25) is 14.5 Å². The Hall–Kier alpha value is -2.51. The van der Waals surface area contributed by atoms with Crippen molar-refractivity contribution in [2.45, 2.75) is 25.5 Å². The number of halogens is 1. The summed E-state index contributed by atoms with van der Waals surface area (Å²) in [4.78, 5) is 33.5. The number of aryl methyl sites for hydroxylation is 2. The Bertz CT molecular complexity index is 1010. The van der Waals surface area contributed by atoms with E-state index in [0.29, 0.717) is 23.5 Å². The monoisotopic (exact) mass is 428 g/mol. The van der Waals surface area contributed by atoms with E-state index in [0.717, 1.165) is 16.9 Å². The van der Waals surface area contributed by atoms with E-state index >= 15 is 0 Å². The van der Waals surface area contributed by atoms with E-state index in [-0.39, 0.29) is 18.2 Å². The Labute approximate surface area is 178 Å². The third-order valence-corrected chi connectivity index (χ3v) is 6.49. The second-order valence-electron chi connectivity index (χ2n) is 7.17. The third kappa shape index (κ3) is 4.26. The van der Waals surface area contributed by atoms with Crippen LogP contribution in [0.3, 0.4) is 0 Å². The van der Waals surface area contributed by atoms with Gasteiger partial charge < -0.3 is 10.2 Å². The number of carbonyl (C=O) groups excluding carboxylic acids is 2. The highest BCUT2D eigenvalue weighted by Crippen LogP contribution is 2.33. The van der Waals surface area contributed by atoms with Crippen molar-refractivity contribution in [2.75, 3.05) is 23.6 Å². The van der Waals surface area contributed by atoms with Gasteiger partial charge in [0.05, 0.1) is 0 Å². The lowest BCUT2D eigenvalue weighted by Crippen LogP contribution is -2.46. The van der Waals surface area contributed by atoms with E-state index in [1.54, 1.807) is 4.90 Å². The molecule has 0 bridgehead atoms. The fourth-order valence-electron chi connectivity index (χ4n) is 3.29. The zero-order valence-electron chi connectivity index (χ0n) is 16.2. The fourth-order valence-corrected chi connectivity index (χ4v) is 4.60. The lowest BCUT2D eigenvalue weighted by atomic mass is 10.1. The first-order chi connectivity index (χ1) is 13.9. The smallest absolute Gasteiger partial charge is 0.244 e. The summed E-state index contributed by atoms with van der Waals surface area (Å²) >= 11 is 7.44. The summed E-state index contributed by atoms with van der Waals surface area (Å²) in [5, 5.41) is 3.75. The number of anilines is 2. The Balaban J connectivity index is 1.40. The Morgan fingerprint density at radius 2 is 2.07 bits per heavy atom. The normalized spacial score (nSPS) is 18.5. The Kier molecular flexibility index (Phi) is 5.52. The summed E-state index contributed by atoms with van der Waals surface area (Å²) in [5.74, 6) is -0.262. The minimum Gasteiger partial charge on any atom is -0.334 e. The number of nitrogens with one attached hydrogen (secondary N) is 1. The number of aliphatic imine (C=N–C) groups is 1. The lowest BCUT2D eigenvalue weighted by molar-refractivity contribution is -0.128. The van der Waals surface area contributed by atoms with Crippen LogP contribution >= 0.6 is 23.4 Å². The molecule has 0 radical (unpaired) electrons. The molecule has 2 aliphatic rings. The number of hydrogen-bond donors (Lipinski definition) is 1. The number of amides is 2. The number of fused-ring (bicyclic) bond motifs is 1. The van der Waals surface area contributed by atoms with Crippen molar-refractivity contribution in [3.05, 3.63) is 58.6 Å². The molecule has 4 rings (SSSR count). The molecule has 29 heavy (non-hydrogen) atoms. The van der Waals surface area contributed by atoms with Gasteiger partial charge in [0.1, 0.15) is 18.6 Å². The maximum Gasteiger partial charge on any atom is 0.244 e. The van der Waals surface area contributed by atoms with Gasteiger partial charge >= 0.3 is 0 Å². The zero-order chi connectivity index (χ0) is 20.5. The summed E-state index contributed by atoms with van der Waals surface area (Å²) in [6, 6.07) is 13.3. The minimum atomic E-state index is -0.459. The summed E-state index contributed by atoms with van der Waals surface area (Å²) in [6.07, 6.45) is 0.114. The molecule has 2 aliphatic heterocycles. The maximum absolute atomic E-state index is 12.9. The standard InChI is InChI=1S/C21H21ClN4O2S/c1-13-6-7-16(8-14(13)2)24-19(27)10-18-20(28)26-12-25(11-23-21(26)29-18)17-5-3-4-15(22)9-17/h3-9,18H,10-12H2,1-2H3,(H,24,27)/t18-/m0/s1. The van der Waals surface area contributed by atoms with Gasteiger partial charge in [-0.15, -0.1) is 0 Å². The molecule has 0 aliphatic carbocycles. The second kappa shape index (κ2) is 8.08. The molecule has 1 N–H and O–H groups in total. The molecule has 0 spiro atoms. The van der Waals surface area contributed by atoms with Gasteiger partial charge in [-0.25, -0.2) is 4.99 Å². The van der Waals surface area contributed by atoms with Crippen LogP contribution in [0.15, 0.2) is 47.5 Å². The molecule has 2 amide bonds. The van der Waals surface area contributed by atoms with Gasteiger partial charge in [0.15, 0.2) is 5.17 Å². The van der Waals surface area contributed by atoms with Gasteiger partial charge in [-0.05, 0) is 55.3 Å². The Morgan fingerprint density at radius 3 is 2.83 bits per heavy atom. The molecule has 6 nitrogen and oxygen atoms in total. The average molecular weight is 429 g/mol. The van der Waals surface area contributed by atoms with E-state index in [9.17, 15) is 9.59 Å². The first kappa shape index (κ1) is 19.8. The predicted molar refractivity (Wildman–Crippen MR) is 118 cm³/mol. The fraction of sp³-hybridized carbons (Fsp3) is 0.286. The molecule has 2 aromatic carbocycles. The van der Waals surface area contributed by atoms with Gasteiger partial charge in [-0.2, -0.15) is 0 Å². The van der Waals surface area contributed by atoms with Gasteiger partial charge in [0, 0.05) is 22.8 Å². The Morgan fingerprint density at radius 1 is 1.24 bits per heavy atom. The first-order valence-corrected chi connectivity index (χ1v) is 10.6. The topological polar surface area (TPSA) is 65.0 Å². The van der Waals surface area contributed by atoms with Crippen molar-refractivity contribution in [1.29, 1.82) is 0 Å². The number of hydrogen-bond acceptors (Lipinski definition) is 5. The molecular formula is C21H21ClN4O2S. The van der Waals surface area contributed by atoms with Crippen molar-refractivity contribution in [3.63, 3.8) is 0 Å². The second-order valence-corrected chi connectivity index (χ2v) is 8.77. The van der Waals surface area contributed by atoms with Crippen LogP contribution in [-0.2, 0) is 9.59 Å². The maximum atomic E-state index is 12.9. The number of rotatable bonds is 4. The van der Waals surface area contributed by atoms with Crippen molar-refractivity contribution < 1.29 is 9.59 Å². The summed E-state index contributed by atoms with van der Waals surface area (Å²) < 4.78 is 0. The van der Waals surface area contributed by atoms with Crippen LogP contribution in [0.2, 0.25) is 5.02 Å². The number of thioether (sulfide) groups is 1. The van der Waals surface area contributed by atoms with Crippen LogP contribution in [0.4, 0.5) is 11.4 Å². The average Bonchev–Trinajstić information content (AvgIpc) is 2.99. The highest BCUT2D eigenvalue weighted by molar-refractivity contribution is 8.15. The number of amidine groups is 1. The molecule has 2 aromatic rings. The molecule has 150 valence electrons. The predicted octanol–water partition coefficient (Wildman–Crippen LogP) is 4.02.